The van der Waals surface area contributed by atoms with Crippen molar-refractivity contribution in [2.24, 2.45) is 4.99 Å². The molecule has 0 saturated carbocycles. The van der Waals surface area contributed by atoms with E-state index < -0.39 is 4.92 Å². The maximum Gasteiger partial charge on any atom is 0.269 e. The number of amides is 1. The second kappa shape index (κ2) is 12.2. The van der Waals surface area contributed by atoms with Gasteiger partial charge in [-0.15, -0.1) is 0 Å². The maximum absolute atomic E-state index is 13.4. The second-order valence-electron chi connectivity index (χ2n) is 8.85. The van der Waals surface area contributed by atoms with Crippen LogP contribution >= 0.6 is 11.8 Å². The number of non-ortho nitro benzene ring substituents is 1. The molecule has 5 rings (SSSR count). The predicted octanol–water partition coefficient (Wildman–Crippen LogP) is 6.85. The SMILES string of the molecule is O=C1/C(=C/c2ccc(OCc3ccc([N+](=O)[O-])cc3)cc2)SC(=NCc2ccccc2)N1Cc1ccccc1. The first-order valence-electron chi connectivity index (χ1n) is 12.3. The number of nitro benzene ring substituents is 1. The predicted molar refractivity (Wildman–Crippen MR) is 154 cm³/mol. The fourth-order valence-electron chi connectivity index (χ4n) is 3.97. The summed E-state index contributed by atoms with van der Waals surface area (Å²) in [5, 5.41) is 11.5. The molecule has 4 aromatic rings. The first-order chi connectivity index (χ1) is 19.0. The Morgan fingerprint density at radius 2 is 1.46 bits per heavy atom. The van der Waals surface area contributed by atoms with Gasteiger partial charge in [-0.3, -0.25) is 24.8 Å². The van der Waals surface area contributed by atoms with Crippen LogP contribution in [-0.2, 0) is 24.5 Å². The van der Waals surface area contributed by atoms with Crippen molar-refractivity contribution < 1.29 is 14.5 Å². The van der Waals surface area contributed by atoms with Crippen molar-refractivity contribution in [3.05, 3.63) is 146 Å². The minimum atomic E-state index is -0.426. The van der Waals surface area contributed by atoms with Crippen LogP contribution in [0, 0.1) is 10.1 Å². The average molecular weight is 536 g/mol. The summed E-state index contributed by atoms with van der Waals surface area (Å²) in [5.41, 5.74) is 3.87. The zero-order valence-electron chi connectivity index (χ0n) is 21.0. The molecule has 0 spiro atoms. The first-order valence-corrected chi connectivity index (χ1v) is 13.2. The van der Waals surface area contributed by atoms with Gasteiger partial charge in [0.05, 0.1) is 22.9 Å². The molecule has 0 atom stereocenters. The molecule has 0 aromatic heterocycles. The molecular weight excluding hydrogens is 510 g/mol. The van der Waals surface area contributed by atoms with E-state index in [2.05, 4.69) is 0 Å². The number of hydrogen-bond acceptors (Lipinski definition) is 6. The van der Waals surface area contributed by atoms with E-state index in [1.165, 1.54) is 23.9 Å². The summed E-state index contributed by atoms with van der Waals surface area (Å²) in [4.78, 5) is 30.9. The summed E-state index contributed by atoms with van der Waals surface area (Å²) < 4.78 is 5.82. The molecule has 0 radical (unpaired) electrons. The van der Waals surface area contributed by atoms with E-state index in [4.69, 9.17) is 9.73 Å². The number of benzene rings is 4. The van der Waals surface area contributed by atoms with Gasteiger partial charge in [-0.2, -0.15) is 0 Å². The quantitative estimate of drug-likeness (QED) is 0.133. The van der Waals surface area contributed by atoms with Crippen LogP contribution in [0.15, 0.2) is 119 Å². The van der Waals surface area contributed by atoms with Gasteiger partial charge in [-0.05, 0) is 64.4 Å². The summed E-state index contributed by atoms with van der Waals surface area (Å²) in [6.07, 6.45) is 1.87. The lowest BCUT2D eigenvalue weighted by Gasteiger charge is -2.15. The van der Waals surface area contributed by atoms with Crippen molar-refractivity contribution >= 4 is 34.6 Å². The van der Waals surface area contributed by atoms with Crippen LogP contribution in [0.25, 0.3) is 6.08 Å². The molecule has 1 heterocycles. The minimum Gasteiger partial charge on any atom is -0.489 e. The molecule has 1 aliphatic rings. The molecular formula is C31H25N3O4S. The number of carbonyl (C=O) groups excluding carboxylic acids is 1. The highest BCUT2D eigenvalue weighted by Crippen LogP contribution is 2.34. The minimum absolute atomic E-state index is 0.0473. The number of rotatable bonds is 9. The van der Waals surface area contributed by atoms with Crippen molar-refractivity contribution in [2.45, 2.75) is 19.7 Å². The topological polar surface area (TPSA) is 85.0 Å². The normalized spacial score (nSPS) is 15.2. The number of thioether (sulfide) groups is 1. The molecule has 0 unspecified atom stereocenters. The molecule has 1 fully saturated rings. The average Bonchev–Trinajstić information content (AvgIpc) is 3.26. The maximum atomic E-state index is 13.4. The van der Waals surface area contributed by atoms with Crippen LogP contribution in [0.1, 0.15) is 22.3 Å². The van der Waals surface area contributed by atoms with Crippen LogP contribution in [0.3, 0.4) is 0 Å². The lowest BCUT2D eigenvalue weighted by molar-refractivity contribution is -0.384. The van der Waals surface area contributed by atoms with Gasteiger partial charge >= 0.3 is 0 Å². The first kappa shape index (κ1) is 25.9. The Kier molecular flexibility index (Phi) is 8.14. The van der Waals surface area contributed by atoms with Gasteiger partial charge in [0.15, 0.2) is 5.17 Å². The third-order valence-corrected chi connectivity index (χ3v) is 7.09. The molecule has 1 aliphatic heterocycles. The number of nitro groups is 1. The summed E-state index contributed by atoms with van der Waals surface area (Å²) in [5.74, 6) is 0.589. The van der Waals surface area contributed by atoms with Gasteiger partial charge in [0, 0.05) is 12.1 Å². The van der Waals surface area contributed by atoms with Crippen LogP contribution in [0.5, 0.6) is 5.75 Å². The highest BCUT2D eigenvalue weighted by atomic mass is 32.2. The van der Waals surface area contributed by atoms with Gasteiger partial charge in [0.2, 0.25) is 0 Å². The number of hydrogen-bond donors (Lipinski definition) is 0. The third-order valence-electron chi connectivity index (χ3n) is 6.04. The molecule has 7 nitrogen and oxygen atoms in total. The van der Waals surface area contributed by atoms with Gasteiger partial charge in [-0.1, -0.05) is 72.8 Å². The zero-order valence-corrected chi connectivity index (χ0v) is 21.8. The van der Waals surface area contributed by atoms with Gasteiger partial charge in [0.1, 0.15) is 12.4 Å². The smallest absolute Gasteiger partial charge is 0.269 e. The van der Waals surface area contributed by atoms with E-state index in [9.17, 15) is 14.9 Å². The summed E-state index contributed by atoms with van der Waals surface area (Å²) in [7, 11) is 0. The Morgan fingerprint density at radius 1 is 0.821 bits per heavy atom. The molecule has 0 bridgehead atoms. The van der Waals surface area contributed by atoms with Gasteiger partial charge in [0.25, 0.3) is 11.6 Å². The van der Waals surface area contributed by atoms with Crippen molar-refractivity contribution in [3.63, 3.8) is 0 Å². The number of amidine groups is 1. The van der Waals surface area contributed by atoms with Gasteiger partial charge < -0.3 is 4.74 Å². The lowest BCUT2D eigenvalue weighted by atomic mass is 10.2. The Labute approximate surface area is 230 Å². The van der Waals surface area contributed by atoms with E-state index in [0.717, 1.165) is 22.3 Å². The molecule has 4 aromatic carbocycles. The summed E-state index contributed by atoms with van der Waals surface area (Å²) in [6, 6.07) is 33.6. The van der Waals surface area contributed by atoms with Crippen molar-refractivity contribution in [3.8, 4) is 5.75 Å². The molecule has 8 heteroatoms. The number of nitrogens with zero attached hydrogens (tertiary/aromatic N) is 3. The van der Waals surface area contributed by atoms with Crippen LogP contribution in [0.2, 0.25) is 0 Å². The fourth-order valence-corrected chi connectivity index (χ4v) is 4.94. The highest BCUT2D eigenvalue weighted by Gasteiger charge is 2.33. The Bertz CT molecular complexity index is 1500. The van der Waals surface area contributed by atoms with E-state index >= 15 is 0 Å². The monoisotopic (exact) mass is 535 g/mol. The third kappa shape index (κ3) is 6.80. The van der Waals surface area contributed by atoms with Crippen molar-refractivity contribution in [1.82, 2.24) is 4.90 Å². The van der Waals surface area contributed by atoms with E-state index in [1.54, 1.807) is 17.0 Å². The van der Waals surface area contributed by atoms with E-state index in [0.29, 0.717) is 35.5 Å². The Hall–Kier alpha value is -4.69. The van der Waals surface area contributed by atoms with Crippen molar-refractivity contribution in [1.29, 1.82) is 0 Å². The standard InChI is InChI=1S/C31H25N3O4S/c35-30-29(19-23-13-17-28(18-14-23)38-22-26-11-15-27(16-12-26)34(36)37)39-31(32-20-24-7-3-1-4-8-24)33(30)21-25-9-5-2-6-10-25/h1-19H,20-22H2/b29-19-,32-31?. The van der Waals surface area contributed by atoms with Crippen LogP contribution in [0.4, 0.5) is 5.69 Å². The number of aliphatic imine (C=N–C) groups is 1. The number of ether oxygens (including phenoxy) is 1. The van der Waals surface area contributed by atoms with Gasteiger partial charge in [-0.25, -0.2) is 0 Å². The van der Waals surface area contributed by atoms with E-state index in [1.807, 2.05) is 91.0 Å². The summed E-state index contributed by atoms with van der Waals surface area (Å²) >= 11 is 1.38. The molecule has 1 saturated heterocycles. The Balaban J connectivity index is 1.29. The molecule has 1 amide bonds. The molecule has 0 N–H and O–H groups in total. The second-order valence-corrected chi connectivity index (χ2v) is 9.86. The largest absolute Gasteiger partial charge is 0.489 e. The van der Waals surface area contributed by atoms with E-state index in [-0.39, 0.29) is 11.6 Å². The lowest BCUT2D eigenvalue weighted by Crippen LogP contribution is -2.28. The van der Waals surface area contributed by atoms with Crippen LogP contribution in [-0.4, -0.2) is 20.9 Å². The van der Waals surface area contributed by atoms with Crippen LogP contribution < -0.4 is 4.74 Å². The summed E-state index contributed by atoms with van der Waals surface area (Å²) in [6.45, 7) is 1.24. The van der Waals surface area contributed by atoms with Crippen molar-refractivity contribution in [2.75, 3.05) is 0 Å². The Morgan fingerprint density at radius 3 is 2.10 bits per heavy atom. The fraction of sp³-hybridized carbons (Fsp3) is 0.0968. The molecule has 0 aliphatic carbocycles. The highest BCUT2D eigenvalue weighted by molar-refractivity contribution is 8.18. The zero-order chi connectivity index (χ0) is 27.0. The number of carbonyl (C=O) groups is 1. The molecule has 194 valence electrons. The molecule has 39 heavy (non-hydrogen) atoms.